The summed E-state index contributed by atoms with van der Waals surface area (Å²) in [6, 6.07) is 0. The largest absolute Gasteiger partial charge is 0.472 e. The highest BCUT2D eigenvalue weighted by molar-refractivity contribution is 7.47. The molecule has 0 heterocycles. The van der Waals surface area contributed by atoms with Crippen LogP contribution in [0.4, 0.5) is 0 Å². The molecule has 0 fully saturated rings. The van der Waals surface area contributed by atoms with Gasteiger partial charge in [0.25, 0.3) is 0 Å². The number of carbonyl (C=O) groups is 2. The number of carbonyl (C=O) groups excluding carboxylic acids is 2. The van der Waals surface area contributed by atoms with Crippen molar-refractivity contribution in [3.05, 3.63) is 219 Å². The Morgan fingerprint density at radius 3 is 0.846 bits per heavy atom. The first-order valence-corrected chi connectivity index (χ1v) is 36.7. The van der Waals surface area contributed by atoms with Crippen molar-refractivity contribution in [2.75, 3.05) is 26.4 Å². The van der Waals surface area contributed by atoms with Crippen molar-refractivity contribution in [3.63, 3.8) is 0 Å². The summed E-state index contributed by atoms with van der Waals surface area (Å²) in [6.07, 6.45) is 114. The number of unbranched alkanes of at least 4 members (excludes halogenated alkanes) is 14. The van der Waals surface area contributed by atoms with Gasteiger partial charge in [0.15, 0.2) is 6.10 Å². The van der Waals surface area contributed by atoms with Gasteiger partial charge >= 0.3 is 19.8 Å². The monoisotopic (exact) mass is 1270 g/mol. The first kappa shape index (κ1) is 85.3. The molecule has 0 aromatic heterocycles. The highest BCUT2D eigenvalue weighted by Crippen LogP contribution is 2.43. The molecule has 0 spiro atoms. The summed E-state index contributed by atoms with van der Waals surface area (Å²) in [5.41, 5.74) is 5.40. The number of allylic oxidation sites excluding steroid dienone is 36. The second-order valence-electron chi connectivity index (χ2n) is 22.3. The van der Waals surface area contributed by atoms with Crippen molar-refractivity contribution in [2.45, 2.75) is 251 Å². The van der Waals surface area contributed by atoms with Crippen LogP contribution in [-0.2, 0) is 32.7 Å². The van der Waals surface area contributed by atoms with Gasteiger partial charge in [0.1, 0.15) is 6.61 Å². The standard InChI is InChI=1S/C81H126NO8P/c1-3-5-7-9-11-13-15-17-19-21-23-25-27-29-31-33-34-35-36-37-38-39-40-41-42-43-44-46-48-50-52-54-56-58-60-62-64-66-68-70-72-74-81(84)90-79(78-89-91(85,86)88-76-75-82)77-87-80(83)73-71-69-67-65-63-61-59-57-55-53-51-49-47-45-32-30-28-26-24-22-20-18-16-14-12-10-8-6-4-2/h5-8,11-14,17-20,23-26,29-32,34-35,37-38,40-41,43-44,47-50,54,56,60,62,79H,3-4,9-10,15-16,21-22,27-28,33,36,39,42,45-46,51-53,55,57-59,61,63-78,82H2,1-2H3,(H,85,86)/b7-5-,8-6-,13-11-,14-12-,19-17-,20-18-,25-23-,26-24-,31-29-,32-30-,35-34-,38-37-,41-40-,44-43-,49-47-,50-48-,56-54-,62-60-. The summed E-state index contributed by atoms with van der Waals surface area (Å²) in [6.45, 7) is 3.46. The molecular weight excluding hydrogens is 1150 g/mol. The summed E-state index contributed by atoms with van der Waals surface area (Å²) >= 11 is 0. The number of nitrogens with two attached hydrogens (primary N) is 1. The second-order valence-corrected chi connectivity index (χ2v) is 23.7. The Morgan fingerprint density at radius 1 is 0.330 bits per heavy atom. The number of phosphoric ester groups is 1. The third-order valence-electron chi connectivity index (χ3n) is 13.9. The van der Waals surface area contributed by atoms with Crippen molar-refractivity contribution in [2.24, 2.45) is 5.73 Å². The first-order chi connectivity index (χ1) is 44.8. The van der Waals surface area contributed by atoms with Crippen LogP contribution in [-0.4, -0.2) is 49.3 Å². The van der Waals surface area contributed by atoms with Crippen LogP contribution in [0.1, 0.15) is 245 Å². The summed E-state index contributed by atoms with van der Waals surface area (Å²) in [7, 11) is -4.42. The number of hydrogen-bond acceptors (Lipinski definition) is 8. The van der Waals surface area contributed by atoms with E-state index in [-0.39, 0.29) is 32.6 Å². The molecule has 0 aliphatic rings. The molecule has 0 aromatic rings. The Hall–Kier alpha value is -5.67. The molecule has 0 amide bonds. The van der Waals surface area contributed by atoms with Gasteiger partial charge in [0.2, 0.25) is 0 Å². The van der Waals surface area contributed by atoms with Crippen LogP contribution in [0.25, 0.3) is 0 Å². The molecule has 0 radical (unpaired) electrons. The van der Waals surface area contributed by atoms with Crippen LogP contribution in [0.2, 0.25) is 0 Å². The molecular formula is C81H126NO8P. The molecule has 9 nitrogen and oxygen atoms in total. The lowest BCUT2D eigenvalue weighted by atomic mass is 10.1. The predicted molar refractivity (Wildman–Crippen MR) is 394 cm³/mol. The minimum atomic E-state index is -4.42. The third kappa shape index (κ3) is 73.3. The number of esters is 2. The van der Waals surface area contributed by atoms with E-state index < -0.39 is 32.5 Å². The molecule has 508 valence electrons. The lowest BCUT2D eigenvalue weighted by Crippen LogP contribution is -2.29. The van der Waals surface area contributed by atoms with Gasteiger partial charge in [0.05, 0.1) is 13.2 Å². The number of rotatable bonds is 63. The van der Waals surface area contributed by atoms with E-state index in [1.54, 1.807) is 0 Å². The minimum absolute atomic E-state index is 0.0365. The lowest BCUT2D eigenvalue weighted by molar-refractivity contribution is -0.161. The van der Waals surface area contributed by atoms with Crippen LogP contribution in [0.15, 0.2) is 219 Å². The molecule has 0 saturated carbocycles. The van der Waals surface area contributed by atoms with Crippen LogP contribution in [0.5, 0.6) is 0 Å². The Balaban J connectivity index is 4.06. The molecule has 3 N–H and O–H groups in total. The van der Waals surface area contributed by atoms with Crippen LogP contribution in [0, 0.1) is 0 Å². The quantitative estimate of drug-likeness (QED) is 0.0264. The Labute approximate surface area is 556 Å². The fourth-order valence-corrected chi connectivity index (χ4v) is 9.50. The minimum Gasteiger partial charge on any atom is -0.462 e. The summed E-state index contributed by atoms with van der Waals surface area (Å²) in [4.78, 5) is 35.4. The van der Waals surface area contributed by atoms with Gasteiger partial charge in [-0.3, -0.25) is 18.6 Å². The maximum atomic E-state index is 12.8. The topological polar surface area (TPSA) is 134 Å². The molecule has 0 aliphatic carbocycles. The SMILES string of the molecule is CC/C=C\C/C=C\C/C=C\C/C=C\C/C=C\C/C=C\C/C=C\C/C=C\C/C=C\C/C=C\C/C=C\C/C=C\CCCCCCC(=O)OC(COC(=O)CCCCCCCCCCCC/C=C\C/C=C\C/C=C\C/C=C\C/C=C\C/C=C\CC)COP(=O)(O)OCCN. The smallest absolute Gasteiger partial charge is 0.462 e. The molecule has 0 saturated heterocycles. The van der Waals surface area contributed by atoms with Gasteiger partial charge in [-0.2, -0.15) is 0 Å². The van der Waals surface area contributed by atoms with E-state index in [4.69, 9.17) is 24.3 Å². The zero-order valence-corrected chi connectivity index (χ0v) is 57.9. The van der Waals surface area contributed by atoms with Crippen LogP contribution < -0.4 is 5.73 Å². The Kier molecular flexibility index (Phi) is 68.8. The van der Waals surface area contributed by atoms with Gasteiger partial charge < -0.3 is 20.1 Å². The molecule has 0 aliphatic heterocycles. The van der Waals surface area contributed by atoms with E-state index in [1.807, 2.05) is 0 Å². The zero-order chi connectivity index (χ0) is 65.8. The van der Waals surface area contributed by atoms with E-state index in [9.17, 15) is 19.0 Å². The van der Waals surface area contributed by atoms with E-state index in [2.05, 4.69) is 233 Å². The highest BCUT2D eigenvalue weighted by atomic mass is 31.2. The predicted octanol–water partition coefficient (Wildman–Crippen LogP) is 23.6. The fraction of sp³-hybridized carbons (Fsp3) is 0.531. The molecule has 0 bridgehead atoms. The molecule has 91 heavy (non-hydrogen) atoms. The Bertz CT molecular complexity index is 2290. The second kappa shape index (κ2) is 73.4. The Morgan fingerprint density at radius 2 is 0.571 bits per heavy atom. The van der Waals surface area contributed by atoms with Gasteiger partial charge in [-0.15, -0.1) is 0 Å². The third-order valence-corrected chi connectivity index (χ3v) is 14.8. The number of ether oxygens (including phenoxy) is 2. The van der Waals surface area contributed by atoms with Crippen molar-refractivity contribution >= 4 is 19.8 Å². The van der Waals surface area contributed by atoms with Crippen molar-refractivity contribution in [1.82, 2.24) is 0 Å². The molecule has 0 aromatic carbocycles. The van der Waals surface area contributed by atoms with E-state index in [1.165, 1.54) is 38.5 Å². The fourth-order valence-electron chi connectivity index (χ4n) is 8.74. The van der Waals surface area contributed by atoms with Crippen LogP contribution >= 0.6 is 7.82 Å². The molecule has 2 atom stereocenters. The highest BCUT2D eigenvalue weighted by Gasteiger charge is 2.26. The molecule has 2 unspecified atom stereocenters. The summed E-state index contributed by atoms with van der Waals surface area (Å²) in [5.74, 6) is -0.878. The van der Waals surface area contributed by atoms with Crippen molar-refractivity contribution in [3.8, 4) is 0 Å². The van der Waals surface area contributed by atoms with Gasteiger partial charge in [-0.05, 0) is 154 Å². The van der Waals surface area contributed by atoms with Crippen molar-refractivity contribution < 1.29 is 37.6 Å². The number of phosphoric acid groups is 1. The zero-order valence-electron chi connectivity index (χ0n) is 57.0. The first-order valence-electron chi connectivity index (χ1n) is 35.2. The normalized spacial score (nSPS) is 14.3. The summed E-state index contributed by atoms with van der Waals surface area (Å²) < 4.78 is 33.1. The summed E-state index contributed by atoms with van der Waals surface area (Å²) in [5, 5.41) is 0. The maximum absolute atomic E-state index is 12.8. The van der Waals surface area contributed by atoms with Gasteiger partial charge in [0, 0.05) is 19.4 Å². The van der Waals surface area contributed by atoms with Gasteiger partial charge in [-0.25, -0.2) is 4.57 Å². The maximum Gasteiger partial charge on any atom is 0.472 e. The van der Waals surface area contributed by atoms with E-state index in [0.29, 0.717) is 12.8 Å². The van der Waals surface area contributed by atoms with E-state index in [0.717, 1.165) is 167 Å². The average Bonchev–Trinajstić information content (AvgIpc) is 3.74. The van der Waals surface area contributed by atoms with Gasteiger partial charge in [-0.1, -0.05) is 297 Å². The van der Waals surface area contributed by atoms with Crippen molar-refractivity contribution in [1.29, 1.82) is 0 Å². The van der Waals surface area contributed by atoms with Crippen LogP contribution in [0.3, 0.4) is 0 Å². The molecule has 10 heteroatoms. The average molecular weight is 1270 g/mol. The number of hydrogen-bond donors (Lipinski definition) is 2. The lowest BCUT2D eigenvalue weighted by Gasteiger charge is -2.19. The van der Waals surface area contributed by atoms with E-state index >= 15 is 0 Å². The molecule has 0 rings (SSSR count).